The van der Waals surface area contributed by atoms with Crippen molar-refractivity contribution in [2.24, 2.45) is 0 Å². The van der Waals surface area contributed by atoms with Gasteiger partial charge in [-0.1, -0.05) is 6.58 Å². The van der Waals surface area contributed by atoms with Crippen molar-refractivity contribution in [1.29, 1.82) is 0 Å². The summed E-state index contributed by atoms with van der Waals surface area (Å²) < 4.78 is 32.1. The fourth-order valence-corrected chi connectivity index (χ4v) is 1.97. The Hall–Kier alpha value is -1.78. The van der Waals surface area contributed by atoms with Crippen molar-refractivity contribution in [2.45, 2.75) is 18.5 Å². The van der Waals surface area contributed by atoms with Crippen LogP contribution in [0.1, 0.15) is 24.1 Å². The highest BCUT2D eigenvalue weighted by atomic mass is 19.1. The maximum Gasteiger partial charge on any atom is 0.348 e. The molecule has 0 saturated carbocycles. The summed E-state index contributed by atoms with van der Waals surface area (Å²) in [6.45, 7) is 3.73. The van der Waals surface area contributed by atoms with Gasteiger partial charge in [0, 0.05) is 12.0 Å². The minimum absolute atomic E-state index is 0.0967. The largest absolute Gasteiger partial charge is 0.466 e. The highest BCUT2D eigenvalue weighted by Gasteiger charge is 2.46. The van der Waals surface area contributed by atoms with Crippen LogP contribution in [0.2, 0.25) is 0 Å². The molecule has 0 radical (unpaired) electrons. The number of allylic oxidation sites excluding steroid dienone is 1. The standard InChI is InChI=1S/C12H11F2NO2/c1-7-3-4-12(14,11(16)17-2)9-5-8(13)6-15-10(7)9/h5-6H,1,3-4H2,2H3. The van der Waals surface area contributed by atoms with Crippen LogP contribution in [0.4, 0.5) is 8.78 Å². The number of pyridine rings is 1. The molecule has 5 heteroatoms. The molecule has 0 spiro atoms. The molecule has 1 aliphatic carbocycles. The first-order valence-electron chi connectivity index (χ1n) is 5.10. The first-order valence-corrected chi connectivity index (χ1v) is 5.10. The monoisotopic (exact) mass is 239 g/mol. The summed E-state index contributed by atoms with van der Waals surface area (Å²) in [5.74, 6) is -1.72. The molecule has 0 N–H and O–H groups in total. The number of ether oxygens (including phenoxy) is 1. The van der Waals surface area contributed by atoms with E-state index in [1.165, 1.54) is 0 Å². The van der Waals surface area contributed by atoms with Gasteiger partial charge < -0.3 is 4.74 Å². The third-order valence-corrected chi connectivity index (χ3v) is 2.90. The molecule has 1 aliphatic rings. The minimum atomic E-state index is -2.33. The van der Waals surface area contributed by atoms with Crippen LogP contribution in [0, 0.1) is 5.82 Å². The number of halogens is 2. The van der Waals surface area contributed by atoms with Crippen LogP contribution in [-0.2, 0) is 15.2 Å². The second-order valence-electron chi connectivity index (χ2n) is 3.95. The molecule has 1 unspecified atom stereocenters. The molecule has 0 fully saturated rings. The van der Waals surface area contributed by atoms with E-state index in [1.807, 2.05) is 0 Å². The molecule has 1 atom stereocenters. The van der Waals surface area contributed by atoms with Crippen LogP contribution in [0.15, 0.2) is 18.8 Å². The number of carbonyl (C=O) groups excluding carboxylic acids is 1. The van der Waals surface area contributed by atoms with Gasteiger partial charge >= 0.3 is 5.97 Å². The van der Waals surface area contributed by atoms with E-state index in [0.29, 0.717) is 5.57 Å². The molecule has 1 heterocycles. The number of rotatable bonds is 1. The first kappa shape index (κ1) is 11.7. The number of alkyl halides is 1. The predicted octanol–water partition coefficient (Wildman–Crippen LogP) is 2.37. The Morgan fingerprint density at radius 1 is 1.65 bits per heavy atom. The number of hydrogen-bond donors (Lipinski definition) is 0. The van der Waals surface area contributed by atoms with Gasteiger partial charge in [0.15, 0.2) is 0 Å². The molecule has 0 saturated heterocycles. The zero-order valence-corrected chi connectivity index (χ0v) is 9.30. The van der Waals surface area contributed by atoms with Crippen LogP contribution in [0.25, 0.3) is 5.57 Å². The Bertz CT molecular complexity index is 501. The van der Waals surface area contributed by atoms with E-state index in [4.69, 9.17) is 0 Å². The van der Waals surface area contributed by atoms with Gasteiger partial charge in [-0.25, -0.2) is 13.6 Å². The molecular formula is C12H11F2NO2. The average Bonchev–Trinajstić information content (AvgIpc) is 2.33. The van der Waals surface area contributed by atoms with E-state index in [0.717, 1.165) is 19.4 Å². The number of carbonyl (C=O) groups is 1. The molecule has 17 heavy (non-hydrogen) atoms. The van der Waals surface area contributed by atoms with Crippen molar-refractivity contribution in [3.8, 4) is 0 Å². The van der Waals surface area contributed by atoms with Crippen molar-refractivity contribution in [3.05, 3.63) is 35.9 Å². The topological polar surface area (TPSA) is 39.2 Å². The van der Waals surface area contributed by atoms with E-state index >= 15 is 0 Å². The molecule has 90 valence electrons. The summed E-state index contributed by atoms with van der Waals surface area (Å²) in [6.07, 6.45) is 1.17. The van der Waals surface area contributed by atoms with Gasteiger partial charge in [0.2, 0.25) is 5.67 Å². The lowest BCUT2D eigenvalue weighted by Crippen LogP contribution is -2.36. The molecule has 3 nitrogen and oxygen atoms in total. The van der Waals surface area contributed by atoms with E-state index in [1.54, 1.807) is 0 Å². The highest BCUT2D eigenvalue weighted by Crippen LogP contribution is 2.43. The minimum Gasteiger partial charge on any atom is -0.466 e. The number of fused-ring (bicyclic) bond motifs is 1. The molecule has 2 rings (SSSR count). The zero-order valence-electron chi connectivity index (χ0n) is 9.30. The summed E-state index contributed by atoms with van der Waals surface area (Å²) in [6, 6.07) is 0.976. The first-order chi connectivity index (χ1) is 7.99. The molecular weight excluding hydrogens is 228 g/mol. The predicted molar refractivity (Wildman–Crippen MR) is 57.3 cm³/mol. The Kier molecular flexibility index (Phi) is 2.69. The average molecular weight is 239 g/mol. The summed E-state index contributed by atoms with van der Waals surface area (Å²) in [7, 11) is 1.10. The summed E-state index contributed by atoms with van der Waals surface area (Å²) >= 11 is 0. The molecule has 0 amide bonds. The summed E-state index contributed by atoms with van der Waals surface area (Å²) in [4.78, 5) is 15.3. The van der Waals surface area contributed by atoms with Crippen LogP contribution in [0.3, 0.4) is 0 Å². The third kappa shape index (κ3) is 1.71. The highest BCUT2D eigenvalue weighted by molar-refractivity contribution is 5.85. The van der Waals surface area contributed by atoms with Crippen LogP contribution < -0.4 is 0 Å². The van der Waals surface area contributed by atoms with Gasteiger partial charge in [0.05, 0.1) is 19.0 Å². The number of hydrogen-bond acceptors (Lipinski definition) is 3. The van der Waals surface area contributed by atoms with Gasteiger partial charge in [-0.3, -0.25) is 4.98 Å². The van der Waals surface area contributed by atoms with Crippen LogP contribution >= 0.6 is 0 Å². The van der Waals surface area contributed by atoms with Gasteiger partial charge in [-0.05, 0) is 18.1 Å². The lowest BCUT2D eigenvalue weighted by molar-refractivity contribution is -0.156. The van der Waals surface area contributed by atoms with Crippen molar-refractivity contribution in [3.63, 3.8) is 0 Å². The third-order valence-electron chi connectivity index (χ3n) is 2.90. The van der Waals surface area contributed by atoms with Gasteiger partial charge in [0.1, 0.15) is 5.82 Å². The summed E-state index contributed by atoms with van der Waals surface area (Å²) in [5, 5.41) is 0. The second kappa shape index (κ2) is 3.91. The smallest absolute Gasteiger partial charge is 0.348 e. The number of methoxy groups -OCH3 is 1. The van der Waals surface area contributed by atoms with Crippen molar-refractivity contribution in [1.82, 2.24) is 4.98 Å². The van der Waals surface area contributed by atoms with Crippen LogP contribution in [0.5, 0.6) is 0 Å². The number of esters is 1. The zero-order chi connectivity index (χ0) is 12.6. The van der Waals surface area contributed by atoms with E-state index < -0.39 is 17.5 Å². The van der Waals surface area contributed by atoms with E-state index in [-0.39, 0.29) is 24.1 Å². The number of nitrogens with zero attached hydrogens (tertiary/aromatic N) is 1. The molecule has 1 aromatic rings. The van der Waals surface area contributed by atoms with E-state index in [9.17, 15) is 13.6 Å². The summed E-state index contributed by atoms with van der Waals surface area (Å²) in [5.41, 5.74) is -1.59. The normalized spacial score (nSPS) is 23.1. The Morgan fingerprint density at radius 2 is 2.35 bits per heavy atom. The van der Waals surface area contributed by atoms with Crippen molar-refractivity contribution in [2.75, 3.05) is 7.11 Å². The quantitative estimate of drug-likeness (QED) is 0.706. The van der Waals surface area contributed by atoms with Crippen molar-refractivity contribution < 1.29 is 18.3 Å². The Balaban J connectivity index is 2.62. The fraction of sp³-hybridized carbons (Fsp3) is 0.333. The maximum atomic E-state index is 14.6. The molecule has 1 aromatic heterocycles. The van der Waals surface area contributed by atoms with Crippen LogP contribution in [-0.4, -0.2) is 18.1 Å². The van der Waals surface area contributed by atoms with Gasteiger partial charge in [-0.2, -0.15) is 0 Å². The van der Waals surface area contributed by atoms with Gasteiger partial charge in [-0.15, -0.1) is 0 Å². The SMILES string of the molecule is C=C1CCC(F)(C(=O)OC)c2cc(F)cnc21. The lowest BCUT2D eigenvalue weighted by Gasteiger charge is -2.29. The van der Waals surface area contributed by atoms with Crippen molar-refractivity contribution >= 4 is 11.5 Å². The molecule has 0 bridgehead atoms. The number of aromatic nitrogens is 1. The van der Waals surface area contributed by atoms with Gasteiger partial charge in [0.25, 0.3) is 0 Å². The molecule has 0 aliphatic heterocycles. The maximum absolute atomic E-state index is 14.6. The second-order valence-corrected chi connectivity index (χ2v) is 3.95. The van der Waals surface area contributed by atoms with E-state index in [2.05, 4.69) is 16.3 Å². The lowest BCUT2D eigenvalue weighted by atomic mass is 9.81. The Labute approximate surface area is 97.1 Å². The molecule has 0 aromatic carbocycles. The fourth-order valence-electron chi connectivity index (χ4n) is 1.97. The Morgan fingerprint density at radius 3 is 3.00 bits per heavy atom.